The van der Waals surface area contributed by atoms with Crippen LogP contribution in [0.5, 0.6) is 5.75 Å². The molecular weight excluding hydrogens is 247 g/mol. The summed E-state index contributed by atoms with van der Waals surface area (Å²) in [5, 5.41) is 12.1. The molecule has 0 bridgehead atoms. The second-order valence-electron chi connectivity index (χ2n) is 4.10. The van der Waals surface area contributed by atoms with Gasteiger partial charge in [-0.15, -0.1) is 0 Å². The SMILES string of the molecule is Cc1c(O)cccc1C(=O)NCc1ccncc1F. The number of benzene rings is 1. The zero-order chi connectivity index (χ0) is 13.8. The van der Waals surface area contributed by atoms with E-state index in [-0.39, 0.29) is 18.2 Å². The maximum atomic E-state index is 13.3. The Morgan fingerprint density at radius 1 is 1.42 bits per heavy atom. The number of nitrogens with one attached hydrogen (secondary N) is 1. The average Bonchev–Trinajstić information content (AvgIpc) is 2.40. The number of carbonyl (C=O) groups is 1. The lowest BCUT2D eigenvalue weighted by molar-refractivity contribution is 0.0949. The normalized spacial score (nSPS) is 10.2. The van der Waals surface area contributed by atoms with Crippen LogP contribution in [0.4, 0.5) is 4.39 Å². The number of aromatic nitrogens is 1. The van der Waals surface area contributed by atoms with Gasteiger partial charge < -0.3 is 10.4 Å². The molecule has 19 heavy (non-hydrogen) atoms. The van der Waals surface area contributed by atoms with Crippen molar-refractivity contribution in [3.05, 3.63) is 59.2 Å². The largest absolute Gasteiger partial charge is 0.508 e. The smallest absolute Gasteiger partial charge is 0.251 e. The summed E-state index contributed by atoms with van der Waals surface area (Å²) in [6, 6.07) is 6.21. The number of phenolic OH excluding ortho intramolecular Hbond substituents is 1. The molecule has 2 N–H and O–H groups in total. The lowest BCUT2D eigenvalue weighted by atomic mass is 10.1. The molecule has 1 aromatic carbocycles. The molecule has 0 fully saturated rings. The molecule has 2 aromatic rings. The van der Waals surface area contributed by atoms with E-state index in [9.17, 15) is 14.3 Å². The first-order valence-electron chi connectivity index (χ1n) is 5.74. The maximum Gasteiger partial charge on any atom is 0.251 e. The van der Waals surface area contributed by atoms with Gasteiger partial charge in [-0.2, -0.15) is 0 Å². The summed E-state index contributed by atoms with van der Waals surface area (Å²) in [7, 11) is 0. The van der Waals surface area contributed by atoms with Crippen molar-refractivity contribution in [3.8, 4) is 5.75 Å². The summed E-state index contributed by atoms with van der Waals surface area (Å²) >= 11 is 0. The first kappa shape index (κ1) is 13.0. The second-order valence-corrected chi connectivity index (χ2v) is 4.10. The zero-order valence-corrected chi connectivity index (χ0v) is 10.4. The summed E-state index contributed by atoms with van der Waals surface area (Å²) in [5.74, 6) is -0.761. The molecule has 98 valence electrons. The van der Waals surface area contributed by atoms with Crippen LogP contribution in [0.1, 0.15) is 21.5 Å². The van der Waals surface area contributed by atoms with Crippen LogP contribution in [0, 0.1) is 12.7 Å². The van der Waals surface area contributed by atoms with Crippen molar-refractivity contribution < 1.29 is 14.3 Å². The van der Waals surface area contributed by atoms with Crippen LogP contribution < -0.4 is 5.32 Å². The molecule has 5 heteroatoms. The van der Waals surface area contributed by atoms with E-state index in [1.54, 1.807) is 19.1 Å². The minimum Gasteiger partial charge on any atom is -0.508 e. The number of pyridine rings is 1. The van der Waals surface area contributed by atoms with Gasteiger partial charge in [-0.1, -0.05) is 6.07 Å². The summed E-state index contributed by atoms with van der Waals surface area (Å²) in [4.78, 5) is 15.6. The monoisotopic (exact) mass is 260 g/mol. The molecule has 0 unspecified atom stereocenters. The third-order valence-corrected chi connectivity index (χ3v) is 2.85. The highest BCUT2D eigenvalue weighted by molar-refractivity contribution is 5.96. The van der Waals surface area contributed by atoms with Crippen molar-refractivity contribution in [2.45, 2.75) is 13.5 Å². The average molecular weight is 260 g/mol. The molecule has 1 amide bonds. The molecule has 0 saturated carbocycles. The van der Waals surface area contributed by atoms with Crippen LogP contribution in [0.15, 0.2) is 36.7 Å². The van der Waals surface area contributed by atoms with Crippen LogP contribution in [0.3, 0.4) is 0 Å². The van der Waals surface area contributed by atoms with Crippen LogP contribution in [0.25, 0.3) is 0 Å². The third kappa shape index (κ3) is 2.88. The van der Waals surface area contributed by atoms with Crippen molar-refractivity contribution >= 4 is 5.91 Å². The van der Waals surface area contributed by atoms with Gasteiger partial charge in [0, 0.05) is 29.4 Å². The first-order chi connectivity index (χ1) is 9.09. The van der Waals surface area contributed by atoms with E-state index in [1.807, 2.05) is 0 Å². The summed E-state index contributed by atoms with van der Waals surface area (Å²) < 4.78 is 13.3. The molecule has 2 rings (SSSR count). The number of phenols is 1. The Hall–Kier alpha value is -2.43. The first-order valence-corrected chi connectivity index (χ1v) is 5.74. The van der Waals surface area contributed by atoms with Crippen molar-refractivity contribution in [1.29, 1.82) is 0 Å². The Labute approximate surface area is 109 Å². The molecule has 1 aromatic heterocycles. The second kappa shape index (κ2) is 5.48. The van der Waals surface area contributed by atoms with Gasteiger partial charge in [-0.05, 0) is 25.1 Å². The van der Waals surface area contributed by atoms with Gasteiger partial charge in [0.15, 0.2) is 0 Å². The summed E-state index contributed by atoms with van der Waals surface area (Å²) in [6.07, 6.45) is 2.56. The molecule has 0 spiro atoms. The quantitative estimate of drug-likeness (QED) is 0.889. The van der Waals surface area contributed by atoms with E-state index in [1.165, 1.54) is 18.3 Å². The number of hydrogen-bond acceptors (Lipinski definition) is 3. The van der Waals surface area contributed by atoms with Gasteiger partial charge in [0.05, 0.1) is 6.20 Å². The fourth-order valence-electron chi connectivity index (χ4n) is 1.69. The fourth-order valence-corrected chi connectivity index (χ4v) is 1.69. The minimum atomic E-state index is -0.463. The third-order valence-electron chi connectivity index (χ3n) is 2.85. The number of halogens is 1. The Morgan fingerprint density at radius 2 is 2.21 bits per heavy atom. The highest BCUT2D eigenvalue weighted by Crippen LogP contribution is 2.19. The van der Waals surface area contributed by atoms with Gasteiger partial charge in [0.2, 0.25) is 0 Å². The topological polar surface area (TPSA) is 62.2 Å². The number of aromatic hydroxyl groups is 1. The molecule has 0 radical (unpaired) electrons. The van der Waals surface area contributed by atoms with Crippen molar-refractivity contribution in [2.24, 2.45) is 0 Å². The van der Waals surface area contributed by atoms with E-state index >= 15 is 0 Å². The zero-order valence-electron chi connectivity index (χ0n) is 10.4. The van der Waals surface area contributed by atoms with Crippen molar-refractivity contribution in [3.63, 3.8) is 0 Å². The number of amides is 1. The predicted molar refractivity (Wildman–Crippen MR) is 68.2 cm³/mol. The lowest BCUT2D eigenvalue weighted by Crippen LogP contribution is -2.24. The molecule has 4 nitrogen and oxygen atoms in total. The van der Waals surface area contributed by atoms with E-state index in [0.717, 1.165) is 6.20 Å². The molecule has 0 aliphatic heterocycles. The van der Waals surface area contributed by atoms with Crippen LogP contribution in [-0.4, -0.2) is 16.0 Å². The molecule has 0 atom stereocenters. The minimum absolute atomic E-state index is 0.0581. The standard InChI is InChI=1S/C14H13FN2O2/c1-9-11(3-2-4-13(9)18)14(19)17-7-10-5-6-16-8-12(10)15/h2-6,8,18H,7H2,1H3,(H,17,19). The number of hydrogen-bond donors (Lipinski definition) is 2. The van der Waals surface area contributed by atoms with E-state index in [2.05, 4.69) is 10.3 Å². The Bertz CT molecular complexity index is 614. The molecule has 1 heterocycles. The molecule has 0 aliphatic carbocycles. The Balaban J connectivity index is 2.10. The van der Waals surface area contributed by atoms with Crippen LogP contribution >= 0.6 is 0 Å². The molecular formula is C14H13FN2O2. The van der Waals surface area contributed by atoms with E-state index in [4.69, 9.17) is 0 Å². The van der Waals surface area contributed by atoms with Gasteiger partial charge in [0.25, 0.3) is 5.91 Å². The highest BCUT2D eigenvalue weighted by Gasteiger charge is 2.11. The number of nitrogens with zero attached hydrogens (tertiary/aromatic N) is 1. The van der Waals surface area contributed by atoms with E-state index in [0.29, 0.717) is 16.7 Å². The fraction of sp³-hybridized carbons (Fsp3) is 0.143. The van der Waals surface area contributed by atoms with Crippen LogP contribution in [-0.2, 0) is 6.54 Å². The summed E-state index contributed by atoms with van der Waals surface area (Å²) in [6.45, 7) is 1.72. The predicted octanol–water partition coefficient (Wildman–Crippen LogP) is 2.16. The van der Waals surface area contributed by atoms with Crippen molar-refractivity contribution in [2.75, 3.05) is 0 Å². The highest BCUT2D eigenvalue weighted by atomic mass is 19.1. The number of rotatable bonds is 3. The Kier molecular flexibility index (Phi) is 3.75. The van der Waals surface area contributed by atoms with Gasteiger partial charge >= 0.3 is 0 Å². The van der Waals surface area contributed by atoms with Gasteiger partial charge in [0.1, 0.15) is 11.6 Å². The van der Waals surface area contributed by atoms with Gasteiger partial charge in [-0.3, -0.25) is 9.78 Å². The van der Waals surface area contributed by atoms with Gasteiger partial charge in [-0.25, -0.2) is 4.39 Å². The van der Waals surface area contributed by atoms with E-state index < -0.39 is 5.82 Å². The molecule has 0 saturated heterocycles. The lowest BCUT2D eigenvalue weighted by Gasteiger charge is -2.09. The molecule has 0 aliphatic rings. The summed E-state index contributed by atoms with van der Waals surface area (Å²) in [5.41, 5.74) is 1.23. The van der Waals surface area contributed by atoms with Crippen molar-refractivity contribution in [1.82, 2.24) is 10.3 Å². The Morgan fingerprint density at radius 3 is 2.95 bits per heavy atom. The maximum absolute atomic E-state index is 13.3. The number of carbonyl (C=O) groups excluding carboxylic acids is 1. The van der Waals surface area contributed by atoms with Crippen LogP contribution in [0.2, 0.25) is 0 Å².